The highest BCUT2D eigenvalue weighted by Crippen LogP contribution is 2.27. The van der Waals surface area contributed by atoms with Crippen LogP contribution in [0.25, 0.3) is 0 Å². The van der Waals surface area contributed by atoms with Gasteiger partial charge in [0.1, 0.15) is 0 Å². The van der Waals surface area contributed by atoms with Crippen LogP contribution in [-0.4, -0.2) is 37.0 Å². The van der Waals surface area contributed by atoms with E-state index in [0.717, 1.165) is 36.3 Å². The van der Waals surface area contributed by atoms with Gasteiger partial charge in [-0.1, -0.05) is 17.7 Å². The zero-order valence-electron chi connectivity index (χ0n) is 12.1. The number of anilines is 1. The number of aryl methyl sites for hydroxylation is 2. The van der Waals surface area contributed by atoms with E-state index in [1.54, 1.807) is 0 Å². The molecular formula is C15H22ClN3O. The van der Waals surface area contributed by atoms with Crippen LogP contribution in [0.3, 0.4) is 0 Å². The quantitative estimate of drug-likeness (QED) is 0.895. The minimum absolute atomic E-state index is 0.0171. The van der Waals surface area contributed by atoms with Gasteiger partial charge in [-0.15, -0.1) is 0 Å². The Labute approximate surface area is 125 Å². The van der Waals surface area contributed by atoms with Gasteiger partial charge in [0, 0.05) is 6.54 Å². The highest BCUT2D eigenvalue weighted by molar-refractivity contribution is 6.34. The summed E-state index contributed by atoms with van der Waals surface area (Å²) in [5, 5.41) is 3.52. The first-order chi connectivity index (χ1) is 9.49. The Bertz CT molecular complexity index is 481. The maximum Gasteiger partial charge on any atom is 0.238 e. The minimum atomic E-state index is -0.0171. The predicted octanol–water partition coefficient (Wildman–Crippen LogP) is 2.18. The standard InChI is InChI=1S/C15H22ClN3O/c1-10-5-11(2)15(13(16)6-10)18-14(20)9-19-4-3-12(7-17)8-19/h5-6,12H,3-4,7-9,17H2,1-2H3,(H,18,20). The monoisotopic (exact) mass is 295 g/mol. The van der Waals surface area contributed by atoms with Crippen molar-refractivity contribution >= 4 is 23.2 Å². The molecule has 110 valence electrons. The number of carbonyl (C=O) groups excluding carboxylic acids is 1. The molecule has 1 aliphatic heterocycles. The molecule has 20 heavy (non-hydrogen) atoms. The summed E-state index contributed by atoms with van der Waals surface area (Å²) < 4.78 is 0. The first kappa shape index (κ1) is 15.3. The molecule has 1 heterocycles. The second-order valence-corrected chi connectivity index (χ2v) is 6.02. The zero-order valence-corrected chi connectivity index (χ0v) is 12.8. The number of nitrogens with zero attached hydrogens (tertiary/aromatic N) is 1. The maximum absolute atomic E-state index is 12.1. The van der Waals surface area contributed by atoms with Crippen LogP contribution in [0.15, 0.2) is 12.1 Å². The Morgan fingerprint density at radius 3 is 2.85 bits per heavy atom. The number of rotatable bonds is 4. The van der Waals surface area contributed by atoms with E-state index in [-0.39, 0.29) is 5.91 Å². The molecule has 0 spiro atoms. The topological polar surface area (TPSA) is 58.4 Å². The number of amides is 1. The summed E-state index contributed by atoms with van der Waals surface area (Å²) in [6, 6.07) is 3.88. The second kappa shape index (κ2) is 6.57. The summed E-state index contributed by atoms with van der Waals surface area (Å²) in [6.07, 6.45) is 1.08. The largest absolute Gasteiger partial charge is 0.330 e. The summed E-state index contributed by atoms with van der Waals surface area (Å²) in [5.41, 5.74) is 8.46. The third-order valence-electron chi connectivity index (χ3n) is 3.77. The Balaban J connectivity index is 1.95. The lowest BCUT2D eigenvalue weighted by Crippen LogP contribution is -2.32. The molecule has 1 amide bonds. The van der Waals surface area contributed by atoms with E-state index >= 15 is 0 Å². The molecule has 4 nitrogen and oxygen atoms in total. The van der Waals surface area contributed by atoms with E-state index in [9.17, 15) is 4.79 Å². The van der Waals surface area contributed by atoms with Crippen LogP contribution in [0, 0.1) is 19.8 Å². The average molecular weight is 296 g/mol. The smallest absolute Gasteiger partial charge is 0.238 e. The molecule has 1 saturated heterocycles. The molecule has 1 unspecified atom stereocenters. The zero-order chi connectivity index (χ0) is 14.7. The van der Waals surface area contributed by atoms with E-state index in [0.29, 0.717) is 24.0 Å². The van der Waals surface area contributed by atoms with Gasteiger partial charge in [-0.2, -0.15) is 0 Å². The van der Waals surface area contributed by atoms with Gasteiger partial charge in [0.2, 0.25) is 5.91 Å². The number of hydrogen-bond donors (Lipinski definition) is 2. The molecule has 1 aromatic rings. The molecule has 0 radical (unpaired) electrons. The van der Waals surface area contributed by atoms with Gasteiger partial charge in [0.25, 0.3) is 0 Å². The second-order valence-electron chi connectivity index (χ2n) is 5.61. The lowest BCUT2D eigenvalue weighted by atomic mass is 10.1. The molecule has 0 saturated carbocycles. The number of benzene rings is 1. The molecule has 1 aromatic carbocycles. The van der Waals surface area contributed by atoms with Crippen LogP contribution >= 0.6 is 11.6 Å². The number of likely N-dealkylation sites (tertiary alicyclic amines) is 1. The van der Waals surface area contributed by atoms with Crippen molar-refractivity contribution in [1.82, 2.24) is 4.90 Å². The van der Waals surface area contributed by atoms with Crippen LogP contribution in [0.4, 0.5) is 5.69 Å². The lowest BCUT2D eigenvalue weighted by molar-refractivity contribution is -0.117. The van der Waals surface area contributed by atoms with E-state index in [1.165, 1.54) is 0 Å². The minimum Gasteiger partial charge on any atom is -0.330 e. The summed E-state index contributed by atoms with van der Waals surface area (Å²) in [4.78, 5) is 14.3. The van der Waals surface area contributed by atoms with Crippen molar-refractivity contribution in [2.75, 3.05) is 31.5 Å². The summed E-state index contributed by atoms with van der Waals surface area (Å²) >= 11 is 6.20. The van der Waals surface area contributed by atoms with Crippen LogP contribution in [-0.2, 0) is 4.79 Å². The number of carbonyl (C=O) groups is 1. The molecule has 0 aromatic heterocycles. The molecule has 0 bridgehead atoms. The van der Waals surface area contributed by atoms with Crippen molar-refractivity contribution in [2.45, 2.75) is 20.3 Å². The molecule has 1 aliphatic rings. The Kier molecular flexibility index (Phi) is 5.02. The fraction of sp³-hybridized carbons (Fsp3) is 0.533. The van der Waals surface area contributed by atoms with E-state index < -0.39 is 0 Å². The van der Waals surface area contributed by atoms with Gasteiger partial charge in [0.05, 0.1) is 17.3 Å². The number of hydrogen-bond acceptors (Lipinski definition) is 3. The van der Waals surface area contributed by atoms with Crippen molar-refractivity contribution < 1.29 is 4.79 Å². The fourth-order valence-corrected chi connectivity index (χ4v) is 3.07. The molecule has 0 aliphatic carbocycles. The number of halogens is 1. The first-order valence-corrected chi connectivity index (χ1v) is 7.36. The third kappa shape index (κ3) is 3.72. The summed E-state index contributed by atoms with van der Waals surface area (Å²) in [7, 11) is 0. The van der Waals surface area contributed by atoms with E-state index in [1.807, 2.05) is 26.0 Å². The van der Waals surface area contributed by atoms with Crippen molar-refractivity contribution in [3.05, 3.63) is 28.3 Å². The van der Waals surface area contributed by atoms with Crippen molar-refractivity contribution in [1.29, 1.82) is 0 Å². The van der Waals surface area contributed by atoms with Crippen molar-refractivity contribution in [3.63, 3.8) is 0 Å². The van der Waals surface area contributed by atoms with Crippen LogP contribution < -0.4 is 11.1 Å². The van der Waals surface area contributed by atoms with Gasteiger partial charge in [-0.25, -0.2) is 0 Å². The third-order valence-corrected chi connectivity index (χ3v) is 4.06. The summed E-state index contributed by atoms with van der Waals surface area (Å²) in [5.74, 6) is 0.504. The van der Waals surface area contributed by atoms with Gasteiger partial charge in [0.15, 0.2) is 0 Å². The average Bonchev–Trinajstić information content (AvgIpc) is 2.81. The fourth-order valence-electron chi connectivity index (χ4n) is 2.70. The highest BCUT2D eigenvalue weighted by Gasteiger charge is 2.23. The number of nitrogens with two attached hydrogens (primary N) is 1. The first-order valence-electron chi connectivity index (χ1n) is 6.98. The number of nitrogens with one attached hydrogen (secondary N) is 1. The molecule has 3 N–H and O–H groups in total. The molecule has 2 rings (SSSR count). The van der Waals surface area contributed by atoms with Crippen molar-refractivity contribution in [3.8, 4) is 0 Å². The van der Waals surface area contributed by atoms with E-state index in [2.05, 4.69) is 10.2 Å². The van der Waals surface area contributed by atoms with Crippen LogP contribution in [0.1, 0.15) is 17.5 Å². The van der Waals surface area contributed by atoms with Gasteiger partial charge < -0.3 is 11.1 Å². The summed E-state index contributed by atoms with van der Waals surface area (Å²) in [6.45, 7) is 6.89. The normalized spacial score (nSPS) is 19.3. The molecule has 1 atom stereocenters. The highest BCUT2D eigenvalue weighted by atomic mass is 35.5. The SMILES string of the molecule is Cc1cc(C)c(NC(=O)CN2CCC(CN)C2)c(Cl)c1. The van der Waals surface area contributed by atoms with E-state index in [4.69, 9.17) is 17.3 Å². The Morgan fingerprint density at radius 2 is 2.25 bits per heavy atom. The predicted molar refractivity (Wildman–Crippen MR) is 83.2 cm³/mol. The van der Waals surface area contributed by atoms with Crippen molar-refractivity contribution in [2.24, 2.45) is 11.7 Å². The maximum atomic E-state index is 12.1. The van der Waals surface area contributed by atoms with Gasteiger partial charge in [-0.3, -0.25) is 9.69 Å². The van der Waals surface area contributed by atoms with Crippen LogP contribution in [0.5, 0.6) is 0 Å². The Hall–Kier alpha value is -1.10. The van der Waals surface area contributed by atoms with Gasteiger partial charge >= 0.3 is 0 Å². The molecule has 1 fully saturated rings. The van der Waals surface area contributed by atoms with Gasteiger partial charge in [-0.05, 0) is 56.5 Å². The lowest BCUT2D eigenvalue weighted by Gasteiger charge is -2.17. The molecular weight excluding hydrogens is 274 g/mol. The van der Waals surface area contributed by atoms with Crippen LogP contribution in [0.2, 0.25) is 5.02 Å². The molecule has 5 heteroatoms. The Morgan fingerprint density at radius 1 is 1.50 bits per heavy atom.